The van der Waals surface area contributed by atoms with Crippen LogP contribution in [0.3, 0.4) is 0 Å². The zero-order valence-corrected chi connectivity index (χ0v) is 21.4. The number of thiophene rings is 1. The number of likely N-dealkylation sites (N-methyl/N-ethyl adjacent to an activating group) is 1. The first-order valence-electron chi connectivity index (χ1n) is 12.0. The van der Waals surface area contributed by atoms with Crippen LogP contribution >= 0.6 is 11.3 Å². The summed E-state index contributed by atoms with van der Waals surface area (Å²) in [6, 6.07) is 2.47. The van der Waals surface area contributed by atoms with Gasteiger partial charge in [0.1, 0.15) is 11.1 Å². The Labute approximate surface area is 201 Å². The molecule has 2 N–H and O–H groups in total. The fraction of sp³-hybridized carbons (Fsp3) is 0.708. The zero-order valence-electron chi connectivity index (χ0n) is 20.6. The first-order valence-corrected chi connectivity index (χ1v) is 12.8. The van der Waals surface area contributed by atoms with E-state index < -0.39 is 0 Å². The summed E-state index contributed by atoms with van der Waals surface area (Å²) in [5.74, 6) is 0.0350. The van der Waals surface area contributed by atoms with Crippen LogP contribution in [0.15, 0.2) is 0 Å². The molecule has 0 spiro atoms. The van der Waals surface area contributed by atoms with Gasteiger partial charge in [-0.15, -0.1) is 11.3 Å². The first-order chi connectivity index (χ1) is 15.8. The van der Waals surface area contributed by atoms with Crippen molar-refractivity contribution in [1.82, 2.24) is 20.0 Å². The Morgan fingerprint density at radius 2 is 2.03 bits per heavy atom. The lowest BCUT2D eigenvalue weighted by atomic mass is 9.74. The van der Waals surface area contributed by atoms with Gasteiger partial charge in [0.2, 0.25) is 5.91 Å². The van der Waals surface area contributed by atoms with Crippen molar-refractivity contribution in [2.45, 2.75) is 45.1 Å². The minimum absolute atomic E-state index is 0.0696. The van der Waals surface area contributed by atoms with Crippen molar-refractivity contribution in [3.8, 4) is 6.07 Å². The second kappa shape index (κ2) is 11.3. The van der Waals surface area contributed by atoms with Gasteiger partial charge in [0.15, 0.2) is 0 Å². The Morgan fingerprint density at radius 1 is 1.27 bits per heavy atom. The van der Waals surface area contributed by atoms with Crippen LogP contribution < -0.4 is 10.6 Å². The van der Waals surface area contributed by atoms with Gasteiger partial charge in [-0.05, 0) is 71.3 Å². The molecule has 2 aliphatic rings. The van der Waals surface area contributed by atoms with Crippen LogP contribution in [-0.2, 0) is 17.6 Å². The van der Waals surface area contributed by atoms with E-state index in [9.17, 15) is 14.9 Å². The highest BCUT2D eigenvalue weighted by molar-refractivity contribution is 7.16. The number of piperidine rings is 1. The van der Waals surface area contributed by atoms with Crippen molar-refractivity contribution in [3.05, 3.63) is 16.0 Å². The molecule has 3 atom stereocenters. The Hall–Kier alpha value is -2.15. The molecule has 2 heterocycles. The van der Waals surface area contributed by atoms with E-state index in [0.717, 1.165) is 54.8 Å². The standard InChI is InChI=1S/C24H38N6O2S/c1-6-9-30(24(32)27-8-7-10-28(3)4)23(31)17-11-16-12-18-19(14-25)22(26-2)33-21(18)13-20(16)29(5)15-17/h16-17,20,26H,6-13,15H2,1-5H3,(H,27,32). The maximum absolute atomic E-state index is 13.5. The number of urea groups is 1. The molecule has 0 radical (unpaired) electrons. The Bertz CT molecular complexity index is 892. The van der Waals surface area contributed by atoms with E-state index in [2.05, 4.69) is 33.6 Å². The summed E-state index contributed by atoms with van der Waals surface area (Å²) >= 11 is 1.69. The quantitative estimate of drug-likeness (QED) is 0.563. The number of hydrogen-bond acceptors (Lipinski definition) is 7. The Kier molecular flexibility index (Phi) is 8.74. The first kappa shape index (κ1) is 25.5. The molecule has 8 nitrogen and oxygen atoms in total. The van der Waals surface area contributed by atoms with Crippen LogP contribution in [0.1, 0.15) is 42.2 Å². The molecule has 3 unspecified atom stereocenters. The molecule has 9 heteroatoms. The summed E-state index contributed by atoms with van der Waals surface area (Å²) in [7, 11) is 7.96. The maximum Gasteiger partial charge on any atom is 0.324 e. The summed E-state index contributed by atoms with van der Waals surface area (Å²) in [6.45, 7) is 4.55. The van der Waals surface area contributed by atoms with E-state index in [0.29, 0.717) is 31.6 Å². The van der Waals surface area contributed by atoms with E-state index in [1.54, 1.807) is 11.3 Å². The van der Waals surface area contributed by atoms with Gasteiger partial charge in [-0.1, -0.05) is 6.92 Å². The van der Waals surface area contributed by atoms with Gasteiger partial charge in [-0.2, -0.15) is 5.26 Å². The molecule has 33 heavy (non-hydrogen) atoms. The number of rotatable bonds is 8. The van der Waals surface area contributed by atoms with Crippen molar-refractivity contribution < 1.29 is 9.59 Å². The minimum atomic E-state index is -0.278. The van der Waals surface area contributed by atoms with Gasteiger partial charge < -0.3 is 20.4 Å². The number of hydrogen-bond donors (Lipinski definition) is 2. The highest BCUT2D eigenvalue weighted by Crippen LogP contribution is 2.43. The average molecular weight is 475 g/mol. The van der Waals surface area contributed by atoms with Crippen molar-refractivity contribution in [1.29, 1.82) is 5.26 Å². The highest BCUT2D eigenvalue weighted by Gasteiger charge is 2.43. The van der Waals surface area contributed by atoms with E-state index in [1.807, 2.05) is 28.1 Å². The van der Waals surface area contributed by atoms with Crippen molar-refractivity contribution in [3.63, 3.8) is 0 Å². The fourth-order valence-corrected chi connectivity index (χ4v) is 6.42. The number of anilines is 1. The lowest BCUT2D eigenvalue weighted by molar-refractivity contribution is -0.136. The van der Waals surface area contributed by atoms with Crippen molar-refractivity contribution in [2.24, 2.45) is 11.8 Å². The summed E-state index contributed by atoms with van der Waals surface area (Å²) in [6.07, 6.45) is 4.09. The molecule has 1 aromatic rings. The number of nitrogens with one attached hydrogen (secondary N) is 2. The number of fused-ring (bicyclic) bond motifs is 2. The fourth-order valence-electron chi connectivity index (χ4n) is 5.24. The molecule has 1 aromatic heterocycles. The molecule has 0 aromatic carbocycles. The molecular weight excluding hydrogens is 436 g/mol. The van der Waals surface area contributed by atoms with Crippen LogP contribution in [0.2, 0.25) is 0 Å². The maximum atomic E-state index is 13.5. The summed E-state index contributed by atoms with van der Waals surface area (Å²) in [4.78, 5) is 33.4. The van der Waals surface area contributed by atoms with Gasteiger partial charge in [-0.25, -0.2) is 4.79 Å². The molecule has 3 amide bonds. The summed E-state index contributed by atoms with van der Waals surface area (Å²) < 4.78 is 0. The highest BCUT2D eigenvalue weighted by atomic mass is 32.1. The number of carbonyl (C=O) groups excluding carboxylic acids is 2. The number of nitriles is 1. The van der Waals surface area contributed by atoms with E-state index in [-0.39, 0.29) is 17.9 Å². The zero-order chi connectivity index (χ0) is 24.1. The SMILES string of the molecule is CCCN(C(=O)NCCCN(C)C)C(=O)C1CC2Cc3c(sc(NC)c3C#N)CC2N(C)C1. The normalized spacial score (nSPS) is 22.3. The summed E-state index contributed by atoms with van der Waals surface area (Å²) in [5.41, 5.74) is 1.91. The second-order valence-electron chi connectivity index (χ2n) is 9.56. The van der Waals surface area contributed by atoms with Gasteiger partial charge in [0.05, 0.1) is 11.5 Å². The molecular formula is C24H38N6O2S. The van der Waals surface area contributed by atoms with Crippen molar-refractivity contribution in [2.75, 3.05) is 59.7 Å². The monoisotopic (exact) mass is 474 g/mol. The van der Waals surface area contributed by atoms with E-state index in [4.69, 9.17) is 0 Å². The largest absolute Gasteiger partial charge is 0.379 e. The second-order valence-corrected chi connectivity index (χ2v) is 10.7. The molecule has 0 bridgehead atoms. The minimum Gasteiger partial charge on any atom is -0.379 e. The molecule has 1 saturated heterocycles. The van der Waals surface area contributed by atoms with Gasteiger partial charge in [-0.3, -0.25) is 9.69 Å². The number of likely N-dealkylation sites (tertiary alicyclic amines) is 1. The van der Waals surface area contributed by atoms with Crippen LogP contribution in [0, 0.1) is 23.2 Å². The number of carbonyl (C=O) groups is 2. The lowest BCUT2D eigenvalue weighted by Gasteiger charge is -2.45. The predicted octanol–water partition coefficient (Wildman–Crippen LogP) is 2.60. The number of imide groups is 1. The smallest absolute Gasteiger partial charge is 0.324 e. The molecule has 1 aliphatic carbocycles. The molecule has 3 rings (SSSR count). The van der Waals surface area contributed by atoms with Gasteiger partial charge in [0.25, 0.3) is 0 Å². The van der Waals surface area contributed by atoms with E-state index in [1.165, 1.54) is 9.78 Å². The molecule has 182 valence electrons. The Balaban J connectivity index is 1.70. The van der Waals surface area contributed by atoms with Crippen LogP contribution in [-0.4, -0.2) is 87.0 Å². The molecule has 1 fully saturated rings. The molecule has 1 aliphatic heterocycles. The Morgan fingerprint density at radius 3 is 2.67 bits per heavy atom. The molecule has 0 saturated carbocycles. The number of nitrogens with zero attached hydrogens (tertiary/aromatic N) is 4. The third-order valence-corrected chi connectivity index (χ3v) is 8.13. The predicted molar refractivity (Wildman–Crippen MR) is 133 cm³/mol. The van der Waals surface area contributed by atoms with E-state index >= 15 is 0 Å². The third kappa shape index (κ3) is 5.68. The third-order valence-electron chi connectivity index (χ3n) is 6.86. The number of amides is 3. The van der Waals surface area contributed by atoms with Gasteiger partial charge in [0, 0.05) is 37.6 Å². The summed E-state index contributed by atoms with van der Waals surface area (Å²) in [5, 5.41) is 16.7. The van der Waals surface area contributed by atoms with Crippen molar-refractivity contribution >= 4 is 28.3 Å². The lowest BCUT2D eigenvalue weighted by Crippen LogP contribution is -2.55. The van der Waals surface area contributed by atoms with Gasteiger partial charge >= 0.3 is 6.03 Å². The average Bonchev–Trinajstić information content (AvgIpc) is 3.14. The topological polar surface area (TPSA) is 91.7 Å². The van der Waals surface area contributed by atoms with Crippen LogP contribution in [0.5, 0.6) is 0 Å². The van der Waals surface area contributed by atoms with Crippen LogP contribution in [0.4, 0.5) is 9.80 Å². The van der Waals surface area contributed by atoms with Crippen LogP contribution in [0.25, 0.3) is 0 Å².